The van der Waals surface area contributed by atoms with Gasteiger partial charge in [-0.3, -0.25) is 14.4 Å². The first-order chi connectivity index (χ1) is 7.97. The Bertz CT molecular complexity index is 382. The third-order valence-corrected chi connectivity index (χ3v) is 3.70. The summed E-state index contributed by atoms with van der Waals surface area (Å²) in [5.74, 6) is -0.705. The van der Waals surface area contributed by atoms with Crippen LogP contribution >= 0.6 is 0 Å². The molecule has 0 aromatic heterocycles. The topological polar surface area (TPSA) is 83.7 Å². The fourth-order valence-corrected chi connectivity index (χ4v) is 2.98. The van der Waals surface area contributed by atoms with Gasteiger partial charge in [0.2, 0.25) is 17.7 Å². The van der Waals surface area contributed by atoms with Crippen molar-refractivity contribution in [3.05, 3.63) is 0 Å². The van der Waals surface area contributed by atoms with Gasteiger partial charge in [-0.25, -0.2) is 0 Å². The van der Waals surface area contributed by atoms with Gasteiger partial charge in [0.15, 0.2) is 0 Å². The van der Waals surface area contributed by atoms with Gasteiger partial charge in [0.25, 0.3) is 0 Å². The first-order valence-corrected chi connectivity index (χ1v) is 5.83. The number of hydrogen-bond acceptors (Lipinski definition) is 3. The zero-order valence-electron chi connectivity index (χ0n) is 9.94. The summed E-state index contributed by atoms with van der Waals surface area (Å²) in [7, 11) is 0. The molecule has 2 aliphatic rings. The van der Waals surface area contributed by atoms with Gasteiger partial charge in [-0.15, -0.1) is 0 Å². The van der Waals surface area contributed by atoms with Gasteiger partial charge in [-0.05, 0) is 19.3 Å². The van der Waals surface area contributed by atoms with E-state index in [0.29, 0.717) is 25.9 Å². The zero-order chi connectivity index (χ0) is 12.6. The van der Waals surface area contributed by atoms with Crippen LogP contribution in [0.3, 0.4) is 0 Å². The molecule has 2 heterocycles. The van der Waals surface area contributed by atoms with Crippen LogP contribution in [0.1, 0.15) is 26.2 Å². The summed E-state index contributed by atoms with van der Waals surface area (Å²) in [4.78, 5) is 37.8. The summed E-state index contributed by atoms with van der Waals surface area (Å²) in [5.41, 5.74) is 4.41. The quantitative estimate of drug-likeness (QED) is 0.676. The number of carbonyl (C=O) groups is 3. The lowest BCUT2D eigenvalue weighted by Crippen LogP contribution is -2.52. The molecule has 1 atom stereocenters. The highest BCUT2D eigenvalue weighted by atomic mass is 16.2. The van der Waals surface area contributed by atoms with E-state index in [0.717, 1.165) is 6.42 Å². The van der Waals surface area contributed by atoms with Crippen molar-refractivity contribution in [3.63, 3.8) is 0 Å². The van der Waals surface area contributed by atoms with Crippen molar-refractivity contribution in [1.29, 1.82) is 0 Å². The van der Waals surface area contributed by atoms with Gasteiger partial charge >= 0.3 is 0 Å². The maximum absolute atomic E-state index is 12.3. The van der Waals surface area contributed by atoms with Crippen molar-refractivity contribution in [2.75, 3.05) is 19.6 Å². The molecule has 6 heteroatoms. The van der Waals surface area contributed by atoms with E-state index in [1.807, 2.05) is 0 Å². The largest absolute Gasteiger partial charge is 0.368 e. The van der Waals surface area contributed by atoms with Gasteiger partial charge < -0.3 is 15.5 Å². The van der Waals surface area contributed by atoms with Gasteiger partial charge in [0.05, 0.1) is 6.54 Å². The fraction of sp³-hybridized carbons (Fsp3) is 0.727. The lowest BCUT2D eigenvalue weighted by atomic mass is 9.94. The molecule has 0 aromatic carbocycles. The summed E-state index contributed by atoms with van der Waals surface area (Å²) in [6, 6.07) is 0. The fourth-order valence-electron chi connectivity index (χ4n) is 2.98. The van der Waals surface area contributed by atoms with Crippen LogP contribution in [0.2, 0.25) is 0 Å². The number of nitrogens with two attached hydrogens (primary N) is 1. The summed E-state index contributed by atoms with van der Waals surface area (Å²) >= 11 is 0. The molecule has 1 spiro atoms. The third kappa shape index (κ3) is 1.77. The van der Waals surface area contributed by atoms with Gasteiger partial charge in [-0.2, -0.15) is 0 Å². The second-order valence-electron chi connectivity index (χ2n) is 4.75. The van der Waals surface area contributed by atoms with Crippen LogP contribution in [0.4, 0.5) is 0 Å². The third-order valence-electron chi connectivity index (χ3n) is 3.70. The lowest BCUT2D eigenvalue weighted by Gasteiger charge is -2.32. The van der Waals surface area contributed by atoms with Crippen LogP contribution in [0.5, 0.6) is 0 Å². The van der Waals surface area contributed by atoms with E-state index in [4.69, 9.17) is 5.73 Å². The van der Waals surface area contributed by atoms with E-state index in [-0.39, 0.29) is 18.4 Å². The molecule has 2 rings (SSSR count). The minimum Gasteiger partial charge on any atom is -0.368 e. The van der Waals surface area contributed by atoms with E-state index in [1.165, 1.54) is 11.8 Å². The number of likely N-dealkylation sites (tertiary alicyclic amines) is 2. The van der Waals surface area contributed by atoms with Crippen molar-refractivity contribution in [2.24, 2.45) is 5.73 Å². The Balaban J connectivity index is 2.20. The summed E-state index contributed by atoms with van der Waals surface area (Å²) in [5, 5.41) is 0. The minimum atomic E-state index is -0.693. The van der Waals surface area contributed by atoms with E-state index in [2.05, 4.69) is 0 Å². The number of nitrogens with zero attached hydrogens (tertiary/aromatic N) is 2. The normalized spacial score (nSPS) is 28.2. The SMILES string of the molecule is CC(=O)N1CCCC12CCN(CC(N)=O)C2=O. The molecule has 2 N–H and O–H groups in total. The molecule has 0 bridgehead atoms. The van der Waals surface area contributed by atoms with Gasteiger partial charge in [0, 0.05) is 20.0 Å². The monoisotopic (exact) mass is 239 g/mol. The van der Waals surface area contributed by atoms with E-state index in [1.54, 1.807) is 4.90 Å². The maximum Gasteiger partial charge on any atom is 0.249 e. The van der Waals surface area contributed by atoms with Crippen molar-refractivity contribution in [1.82, 2.24) is 9.80 Å². The second-order valence-corrected chi connectivity index (χ2v) is 4.75. The van der Waals surface area contributed by atoms with Gasteiger partial charge in [0.1, 0.15) is 5.54 Å². The highest BCUT2D eigenvalue weighted by Gasteiger charge is 2.54. The zero-order valence-corrected chi connectivity index (χ0v) is 9.94. The minimum absolute atomic E-state index is 0.0493. The summed E-state index contributed by atoms with van der Waals surface area (Å²) in [6.07, 6.45) is 2.15. The lowest BCUT2D eigenvalue weighted by molar-refractivity contribution is -0.146. The molecule has 1 unspecified atom stereocenters. The van der Waals surface area contributed by atoms with Crippen LogP contribution in [-0.2, 0) is 14.4 Å². The van der Waals surface area contributed by atoms with E-state index >= 15 is 0 Å². The van der Waals surface area contributed by atoms with Crippen molar-refractivity contribution >= 4 is 17.7 Å². The molecule has 2 fully saturated rings. The van der Waals surface area contributed by atoms with Crippen LogP contribution < -0.4 is 5.73 Å². The Kier molecular flexibility index (Phi) is 2.81. The summed E-state index contributed by atoms with van der Waals surface area (Å²) in [6.45, 7) is 2.57. The first-order valence-electron chi connectivity index (χ1n) is 5.83. The van der Waals surface area contributed by atoms with Gasteiger partial charge in [-0.1, -0.05) is 0 Å². The standard InChI is InChI=1S/C11H17N3O3/c1-8(15)14-5-2-3-11(14)4-6-13(10(11)17)7-9(12)16/h2-7H2,1H3,(H2,12,16). The Morgan fingerprint density at radius 2 is 2.06 bits per heavy atom. The van der Waals surface area contributed by atoms with E-state index in [9.17, 15) is 14.4 Å². The molecule has 0 radical (unpaired) electrons. The molecular weight excluding hydrogens is 222 g/mol. The Labute approximate surface area is 99.7 Å². The molecule has 6 nitrogen and oxygen atoms in total. The van der Waals surface area contributed by atoms with Crippen molar-refractivity contribution in [2.45, 2.75) is 31.7 Å². The Morgan fingerprint density at radius 3 is 2.65 bits per heavy atom. The number of rotatable bonds is 2. The Morgan fingerprint density at radius 1 is 1.35 bits per heavy atom. The molecule has 3 amide bonds. The van der Waals surface area contributed by atoms with Crippen LogP contribution in [0.25, 0.3) is 0 Å². The average molecular weight is 239 g/mol. The number of amides is 3. The first kappa shape index (κ1) is 11.9. The number of hydrogen-bond donors (Lipinski definition) is 1. The van der Waals surface area contributed by atoms with Crippen LogP contribution in [0.15, 0.2) is 0 Å². The molecule has 17 heavy (non-hydrogen) atoms. The molecular formula is C11H17N3O3. The second kappa shape index (κ2) is 4.01. The molecule has 0 aliphatic carbocycles. The maximum atomic E-state index is 12.3. The molecule has 0 saturated carbocycles. The smallest absolute Gasteiger partial charge is 0.249 e. The summed E-state index contributed by atoms with van der Waals surface area (Å²) < 4.78 is 0. The highest BCUT2D eigenvalue weighted by molar-refractivity contribution is 5.95. The number of carbonyl (C=O) groups excluding carboxylic acids is 3. The molecule has 94 valence electrons. The number of primary amides is 1. The van der Waals surface area contributed by atoms with Crippen molar-refractivity contribution in [3.8, 4) is 0 Å². The molecule has 0 aromatic rings. The van der Waals surface area contributed by atoms with Crippen LogP contribution in [-0.4, -0.2) is 52.7 Å². The molecule has 2 saturated heterocycles. The van der Waals surface area contributed by atoms with E-state index < -0.39 is 11.4 Å². The molecule has 2 aliphatic heterocycles. The predicted molar refractivity (Wildman–Crippen MR) is 59.7 cm³/mol. The van der Waals surface area contributed by atoms with Crippen LogP contribution in [0, 0.1) is 0 Å². The Hall–Kier alpha value is -1.59. The van der Waals surface area contributed by atoms with Crippen molar-refractivity contribution < 1.29 is 14.4 Å². The highest BCUT2D eigenvalue weighted by Crippen LogP contribution is 2.38. The predicted octanol–water partition coefficient (Wildman–Crippen LogP) is -0.915. The average Bonchev–Trinajstić information content (AvgIpc) is 2.78.